The van der Waals surface area contributed by atoms with E-state index in [2.05, 4.69) is 52.3 Å². The Balaban J connectivity index is 1.69. The summed E-state index contributed by atoms with van der Waals surface area (Å²) in [5, 5.41) is 14.7. The molecule has 0 bridgehead atoms. The van der Waals surface area contributed by atoms with E-state index in [4.69, 9.17) is 4.98 Å². The quantitative estimate of drug-likeness (QED) is 0.344. The molecule has 0 spiro atoms. The maximum absolute atomic E-state index is 9.56. The van der Waals surface area contributed by atoms with Crippen LogP contribution in [0.4, 0.5) is 0 Å². The first kappa shape index (κ1) is 16.7. The van der Waals surface area contributed by atoms with Gasteiger partial charge in [0.25, 0.3) is 0 Å². The molecule has 3 aromatic carbocycles. The summed E-state index contributed by atoms with van der Waals surface area (Å²) in [5.74, 6) is 0. The fraction of sp³-hybridized carbons (Fsp3) is 0. The lowest BCUT2D eigenvalue weighted by Crippen LogP contribution is -1.83. The Hall–Kier alpha value is -2.74. The number of nitrogens with zero attached hydrogens (tertiary/aromatic N) is 2. The van der Waals surface area contributed by atoms with Crippen molar-refractivity contribution in [3.8, 4) is 17.3 Å². The van der Waals surface area contributed by atoms with Crippen LogP contribution in [0.25, 0.3) is 33.7 Å². The van der Waals surface area contributed by atoms with Crippen molar-refractivity contribution in [3.05, 3.63) is 87.2 Å². The molecule has 2 nitrogen and oxygen atoms in total. The predicted molar refractivity (Wildman–Crippen MR) is 113 cm³/mol. The third kappa shape index (κ3) is 3.45. The van der Waals surface area contributed by atoms with Gasteiger partial charge in [0.15, 0.2) is 0 Å². The summed E-state index contributed by atoms with van der Waals surface area (Å²) >= 11 is 4.92. The minimum atomic E-state index is 0.573. The van der Waals surface area contributed by atoms with Crippen molar-refractivity contribution in [2.45, 2.75) is 0 Å². The first-order chi connectivity index (χ1) is 12.7. The van der Waals surface area contributed by atoms with Gasteiger partial charge in [0.1, 0.15) is 11.1 Å². The molecule has 0 amide bonds. The zero-order valence-electron chi connectivity index (χ0n) is 13.7. The number of hydrogen-bond acceptors (Lipinski definition) is 3. The minimum absolute atomic E-state index is 0.573. The lowest BCUT2D eigenvalue weighted by Gasteiger charge is -2.01. The predicted octanol–water partition coefficient (Wildman–Crippen LogP) is 6.79. The van der Waals surface area contributed by atoms with E-state index in [1.807, 2.05) is 47.9 Å². The van der Waals surface area contributed by atoms with Crippen LogP contribution in [-0.2, 0) is 0 Å². The molecular formula is C22H13BrN2S. The maximum atomic E-state index is 9.56. The second-order valence-corrected chi connectivity index (χ2v) is 7.59. The first-order valence-corrected chi connectivity index (χ1v) is 9.73. The molecule has 0 aliphatic carbocycles. The van der Waals surface area contributed by atoms with Crippen molar-refractivity contribution in [3.63, 3.8) is 0 Å². The van der Waals surface area contributed by atoms with Gasteiger partial charge in [-0.05, 0) is 40.6 Å². The van der Waals surface area contributed by atoms with Crippen LogP contribution in [0.2, 0.25) is 0 Å². The molecule has 0 unspecified atom stereocenters. The monoisotopic (exact) mass is 416 g/mol. The number of thiazole rings is 1. The Morgan fingerprint density at radius 3 is 2.54 bits per heavy atom. The number of aromatic nitrogens is 1. The Morgan fingerprint density at radius 1 is 1.00 bits per heavy atom. The fourth-order valence-corrected chi connectivity index (χ4v) is 3.81. The molecule has 4 aromatic rings. The van der Waals surface area contributed by atoms with E-state index in [1.54, 1.807) is 0 Å². The SMILES string of the molecule is N#CC(=Cc1ccc(Br)cc1)c1nc(-c2ccc3ccccc3c2)cs1. The molecule has 1 aromatic heterocycles. The van der Waals surface area contributed by atoms with Gasteiger partial charge in [-0.15, -0.1) is 11.3 Å². The van der Waals surface area contributed by atoms with Gasteiger partial charge in [-0.3, -0.25) is 0 Å². The number of hydrogen-bond donors (Lipinski definition) is 0. The van der Waals surface area contributed by atoms with Gasteiger partial charge in [0.05, 0.1) is 11.3 Å². The molecule has 0 fully saturated rings. The van der Waals surface area contributed by atoms with Gasteiger partial charge in [-0.25, -0.2) is 4.98 Å². The highest BCUT2D eigenvalue weighted by molar-refractivity contribution is 9.10. The van der Waals surface area contributed by atoms with Crippen LogP contribution in [0.3, 0.4) is 0 Å². The average Bonchev–Trinajstić information content (AvgIpc) is 3.17. The standard InChI is InChI=1S/C22H13BrN2S/c23-20-9-5-15(6-10-20)11-19(13-24)22-25-21(14-26-22)18-8-7-16-3-1-2-4-17(16)12-18/h1-12,14H. The molecule has 0 aliphatic rings. The molecule has 0 radical (unpaired) electrons. The number of fused-ring (bicyclic) bond motifs is 1. The van der Waals surface area contributed by atoms with Crippen LogP contribution in [-0.4, -0.2) is 4.98 Å². The number of rotatable bonds is 3. The summed E-state index contributed by atoms with van der Waals surface area (Å²) in [7, 11) is 0. The van der Waals surface area contributed by atoms with Gasteiger partial charge in [0.2, 0.25) is 0 Å². The van der Waals surface area contributed by atoms with Crippen LogP contribution in [0.5, 0.6) is 0 Å². The van der Waals surface area contributed by atoms with E-state index >= 15 is 0 Å². The summed E-state index contributed by atoms with van der Waals surface area (Å²) in [6.45, 7) is 0. The third-order valence-electron chi connectivity index (χ3n) is 4.08. The number of nitriles is 1. The molecule has 4 heteroatoms. The second-order valence-electron chi connectivity index (χ2n) is 5.82. The summed E-state index contributed by atoms with van der Waals surface area (Å²) in [4.78, 5) is 4.69. The number of allylic oxidation sites excluding steroid dienone is 1. The summed E-state index contributed by atoms with van der Waals surface area (Å²) in [6, 6.07) is 24.7. The largest absolute Gasteiger partial charge is 0.235 e. The van der Waals surface area contributed by atoms with Gasteiger partial charge in [-0.1, -0.05) is 64.5 Å². The Labute approximate surface area is 164 Å². The Kier molecular flexibility index (Phi) is 4.66. The summed E-state index contributed by atoms with van der Waals surface area (Å²) in [5.41, 5.74) is 3.51. The third-order valence-corrected chi connectivity index (χ3v) is 5.49. The van der Waals surface area contributed by atoms with E-state index in [0.717, 1.165) is 26.3 Å². The molecule has 4 rings (SSSR count). The van der Waals surface area contributed by atoms with Crippen molar-refractivity contribution in [1.82, 2.24) is 4.98 Å². The van der Waals surface area contributed by atoms with Crippen molar-refractivity contribution >= 4 is 49.7 Å². The molecule has 124 valence electrons. The lowest BCUT2D eigenvalue weighted by molar-refractivity contribution is 1.37. The second kappa shape index (κ2) is 7.25. The Bertz CT molecular complexity index is 1150. The van der Waals surface area contributed by atoms with Crippen LogP contribution >= 0.6 is 27.3 Å². The van der Waals surface area contributed by atoms with Gasteiger partial charge in [-0.2, -0.15) is 5.26 Å². The van der Waals surface area contributed by atoms with Crippen LogP contribution in [0, 0.1) is 11.3 Å². The van der Waals surface area contributed by atoms with Crippen LogP contribution in [0.15, 0.2) is 76.6 Å². The van der Waals surface area contributed by atoms with Crippen molar-refractivity contribution < 1.29 is 0 Å². The minimum Gasteiger partial charge on any atom is -0.235 e. The van der Waals surface area contributed by atoms with Gasteiger partial charge >= 0.3 is 0 Å². The zero-order chi connectivity index (χ0) is 17.9. The smallest absolute Gasteiger partial charge is 0.134 e. The lowest BCUT2D eigenvalue weighted by atomic mass is 10.1. The zero-order valence-corrected chi connectivity index (χ0v) is 16.1. The average molecular weight is 417 g/mol. The summed E-state index contributed by atoms with van der Waals surface area (Å²) < 4.78 is 1.01. The number of halogens is 1. The molecule has 1 heterocycles. The highest BCUT2D eigenvalue weighted by Gasteiger charge is 2.09. The first-order valence-electron chi connectivity index (χ1n) is 8.05. The normalized spacial score (nSPS) is 11.5. The van der Waals surface area contributed by atoms with Crippen molar-refractivity contribution in [1.29, 1.82) is 5.26 Å². The van der Waals surface area contributed by atoms with Gasteiger partial charge < -0.3 is 0 Å². The molecule has 0 saturated carbocycles. The highest BCUT2D eigenvalue weighted by atomic mass is 79.9. The van der Waals surface area contributed by atoms with Crippen LogP contribution < -0.4 is 0 Å². The fourth-order valence-electron chi connectivity index (χ4n) is 2.75. The van der Waals surface area contributed by atoms with E-state index in [0.29, 0.717) is 5.57 Å². The number of benzene rings is 3. The van der Waals surface area contributed by atoms with Gasteiger partial charge in [0, 0.05) is 15.4 Å². The van der Waals surface area contributed by atoms with E-state index in [9.17, 15) is 5.26 Å². The summed E-state index contributed by atoms with van der Waals surface area (Å²) in [6.07, 6.45) is 1.87. The van der Waals surface area contributed by atoms with E-state index < -0.39 is 0 Å². The topological polar surface area (TPSA) is 36.7 Å². The molecule has 0 atom stereocenters. The van der Waals surface area contributed by atoms with Crippen LogP contribution in [0.1, 0.15) is 10.6 Å². The van der Waals surface area contributed by atoms with E-state index in [1.165, 1.54) is 22.1 Å². The maximum Gasteiger partial charge on any atom is 0.134 e. The van der Waals surface area contributed by atoms with Crippen molar-refractivity contribution in [2.24, 2.45) is 0 Å². The van der Waals surface area contributed by atoms with E-state index in [-0.39, 0.29) is 0 Å². The molecular weight excluding hydrogens is 404 g/mol. The highest BCUT2D eigenvalue weighted by Crippen LogP contribution is 2.29. The molecule has 0 aliphatic heterocycles. The Morgan fingerprint density at radius 2 is 1.77 bits per heavy atom. The molecule has 0 N–H and O–H groups in total. The molecule has 0 saturated heterocycles. The molecule has 26 heavy (non-hydrogen) atoms. The van der Waals surface area contributed by atoms with Crippen molar-refractivity contribution in [2.75, 3.05) is 0 Å².